The number of carbonyl (C=O) groups is 3. The highest BCUT2D eigenvalue weighted by molar-refractivity contribution is 7.99. The fourth-order valence-corrected chi connectivity index (χ4v) is 2.61. The fourth-order valence-electron chi connectivity index (χ4n) is 1.74. The molecular formula is C15H13ClN4O4S. The van der Waals surface area contributed by atoms with Gasteiger partial charge in [-0.05, 0) is 12.1 Å². The molecule has 0 aliphatic heterocycles. The van der Waals surface area contributed by atoms with Gasteiger partial charge in [-0.25, -0.2) is 14.8 Å². The molecule has 0 spiro atoms. The van der Waals surface area contributed by atoms with Crippen molar-refractivity contribution >= 4 is 52.5 Å². The number of halogens is 1. The maximum atomic E-state index is 11.9. The third-order valence-electron chi connectivity index (χ3n) is 2.89. The molecule has 25 heavy (non-hydrogen) atoms. The molecule has 1 aromatic heterocycles. The number of nitrogen functional groups attached to an aromatic ring is 1. The van der Waals surface area contributed by atoms with E-state index in [1.807, 2.05) is 0 Å². The number of anilines is 2. The number of aromatic nitrogens is 2. The highest BCUT2D eigenvalue weighted by atomic mass is 35.5. The number of nitrogens with one attached hydrogen (secondary N) is 1. The summed E-state index contributed by atoms with van der Waals surface area (Å²) < 4.78 is 0. The molecule has 0 fully saturated rings. The number of nitrogens with two attached hydrogens (primary N) is 1. The molecule has 0 aliphatic rings. The van der Waals surface area contributed by atoms with Crippen molar-refractivity contribution in [1.82, 2.24) is 9.97 Å². The number of benzene rings is 1. The molecule has 0 saturated carbocycles. The lowest BCUT2D eigenvalue weighted by molar-refractivity contribution is -0.123. The van der Waals surface area contributed by atoms with E-state index in [-0.39, 0.29) is 34.5 Å². The van der Waals surface area contributed by atoms with Crippen molar-refractivity contribution in [3.8, 4) is 0 Å². The van der Waals surface area contributed by atoms with Gasteiger partial charge in [-0.2, -0.15) is 0 Å². The molecule has 0 saturated heterocycles. The number of para-hydroxylation sites is 1. The minimum absolute atomic E-state index is 0.0538. The van der Waals surface area contributed by atoms with Crippen LogP contribution in [0.25, 0.3) is 0 Å². The topological polar surface area (TPSA) is 135 Å². The van der Waals surface area contributed by atoms with E-state index in [9.17, 15) is 14.4 Å². The Morgan fingerprint density at radius 3 is 2.64 bits per heavy atom. The first kappa shape index (κ1) is 18.7. The van der Waals surface area contributed by atoms with Crippen molar-refractivity contribution in [2.24, 2.45) is 0 Å². The maximum Gasteiger partial charge on any atom is 0.341 e. The largest absolute Gasteiger partial charge is 0.477 e. The molecule has 10 heteroatoms. The molecule has 0 unspecified atom stereocenters. The van der Waals surface area contributed by atoms with E-state index >= 15 is 0 Å². The maximum absolute atomic E-state index is 11.9. The number of amides is 1. The van der Waals surface area contributed by atoms with Crippen LogP contribution >= 0.6 is 23.4 Å². The van der Waals surface area contributed by atoms with Crippen molar-refractivity contribution in [3.05, 3.63) is 41.0 Å². The molecule has 0 atom stereocenters. The molecule has 8 nitrogen and oxygen atoms in total. The molecule has 0 bridgehead atoms. The van der Waals surface area contributed by atoms with Gasteiger partial charge in [0, 0.05) is 6.20 Å². The molecule has 1 amide bonds. The van der Waals surface area contributed by atoms with Crippen LogP contribution in [0, 0.1) is 0 Å². The van der Waals surface area contributed by atoms with E-state index < -0.39 is 11.9 Å². The van der Waals surface area contributed by atoms with Crippen LogP contribution in [0.5, 0.6) is 0 Å². The Morgan fingerprint density at radius 2 is 2.00 bits per heavy atom. The Hall–Kier alpha value is -2.65. The van der Waals surface area contributed by atoms with Crippen molar-refractivity contribution in [1.29, 1.82) is 0 Å². The normalized spacial score (nSPS) is 10.3. The summed E-state index contributed by atoms with van der Waals surface area (Å²) >= 11 is 6.89. The van der Waals surface area contributed by atoms with Crippen LogP contribution in [0.1, 0.15) is 16.8 Å². The Kier molecular flexibility index (Phi) is 6.31. The second-order valence-corrected chi connectivity index (χ2v) is 6.14. The molecule has 2 rings (SSSR count). The van der Waals surface area contributed by atoms with Crippen molar-refractivity contribution in [2.75, 3.05) is 16.8 Å². The molecule has 0 radical (unpaired) electrons. The van der Waals surface area contributed by atoms with Crippen molar-refractivity contribution in [2.45, 2.75) is 11.6 Å². The van der Waals surface area contributed by atoms with Gasteiger partial charge in [0.1, 0.15) is 11.4 Å². The number of carbonyl (C=O) groups excluding carboxylic acids is 2. The highest BCUT2D eigenvalue weighted by Gasteiger charge is 2.14. The van der Waals surface area contributed by atoms with Crippen LogP contribution in [-0.2, 0) is 9.59 Å². The lowest BCUT2D eigenvalue weighted by atomic mass is 10.2. The highest BCUT2D eigenvalue weighted by Crippen LogP contribution is 2.21. The summed E-state index contributed by atoms with van der Waals surface area (Å²) in [5.41, 5.74) is 5.72. The smallest absolute Gasteiger partial charge is 0.341 e. The van der Waals surface area contributed by atoms with E-state index in [0.29, 0.717) is 10.7 Å². The average Bonchev–Trinajstić information content (AvgIpc) is 2.54. The quantitative estimate of drug-likeness (QED) is 0.377. The fraction of sp³-hybridized carbons (Fsp3) is 0.133. The molecule has 2 aromatic rings. The minimum Gasteiger partial charge on any atom is -0.477 e. The first-order valence-corrected chi connectivity index (χ1v) is 8.28. The zero-order valence-electron chi connectivity index (χ0n) is 12.7. The first-order valence-electron chi connectivity index (χ1n) is 6.91. The molecule has 1 heterocycles. The molecule has 1 aromatic carbocycles. The summed E-state index contributed by atoms with van der Waals surface area (Å²) in [6, 6.07) is 6.68. The number of carboxylic acids is 1. The van der Waals surface area contributed by atoms with E-state index in [2.05, 4.69) is 15.3 Å². The zero-order chi connectivity index (χ0) is 18.4. The van der Waals surface area contributed by atoms with Gasteiger partial charge < -0.3 is 16.2 Å². The number of thioether (sulfide) groups is 1. The minimum atomic E-state index is -1.23. The summed E-state index contributed by atoms with van der Waals surface area (Å²) in [6.07, 6.45) is 0.739. The number of Topliss-reactive ketones (excluding diaryl/α,β-unsaturated/α-hetero) is 1. The third kappa shape index (κ3) is 5.44. The second-order valence-electron chi connectivity index (χ2n) is 4.79. The summed E-state index contributed by atoms with van der Waals surface area (Å²) in [4.78, 5) is 42.1. The van der Waals surface area contributed by atoms with E-state index in [1.165, 1.54) is 0 Å². The average molecular weight is 381 g/mol. The zero-order valence-corrected chi connectivity index (χ0v) is 14.3. The number of ketones is 1. The van der Waals surface area contributed by atoms with Gasteiger partial charge in [-0.3, -0.25) is 9.59 Å². The Morgan fingerprint density at radius 1 is 1.28 bits per heavy atom. The van der Waals surface area contributed by atoms with Crippen molar-refractivity contribution in [3.63, 3.8) is 0 Å². The summed E-state index contributed by atoms with van der Waals surface area (Å²) in [6.45, 7) is 0. The second kappa shape index (κ2) is 8.45. The van der Waals surface area contributed by atoms with Gasteiger partial charge in [0.15, 0.2) is 10.9 Å². The van der Waals surface area contributed by atoms with Gasteiger partial charge in [-0.15, -0.1) is 0 Å². The number of hydrogen-bond acceptors (Lipinski definition) is 7. The SMILES string of the molecule is Nc1nc(SCC(=O)CC(=O)Nc2ccccc2Cl)ncc1C(=O)O. The first-order chi connectivity index (χ1) is 11.9. The predicted molar refractivity (Wildman–Crippen MR) is 93.8 cm³/mol. The lowest BCUT2D eigenvalue weighted by Crippen LogP contribution is -2.18. The molecule has 4 N–H and O–H groups in total. The van der Waals surface area contributed by atoms with E-state index in [4.69, 9.17) is 22.4 Å². The van der Waals surface area contributed by atoms with Gasteiger partial charge in [0.25, 0.3) is 0 Å². The third-order valence-corrected chi connectivity index (χ3v) is 4.15. The number of carboxylic acid groups (broad SMARTS) is 1. The van der Waals surface area contributed by atoms with Gasteiger partial charge in [-0.1, -0.05) is 35.5 Å². The van der Waals surface area contributed by atoms with Crippen LogP contribution in [0.3, 0.4) is 0 Å². The predicted octanol–water partition coefficient (Wildman–Crippen LogP) is 2.10. The summed E-state index contributed by atoms with van der Waals surface area (Å²) in [5.74, 6) is -2.31. The Labute approximate surface area is 151 Å². The monoisotopic (exact) mass is 380 g/mol. The van der Waals surface area contributed by atoms with E-state index in [1.54, 1.807) is 24.3 Å². The number of nitrogens with zero attached hydrogens (tertiary/aromatic N) is 2. The van der Waals surface area contributed by atoms with E-state index in [0.717, 1.165) is 18.0 Å². The molecule has 130 valence electrons. The van der Waals surface area contributed by atoms with Crippen LogP contribution in [0.4, 0.5) is 11.5 Å². The molecule has 0 aliphatic carbocycles. The summed E-state index contributed by atoms with van der Waals surface area (Å²) in [7, 11) is 0. The van der Waals surface area contributed by atoms with Crippen LogP contribution < -0.4 is 11.1 Å². The Bertz CT molecular complexity index is 831. The van der Waals surface area contributed by atoms with Crippen molar-refractivity contribution < 1.29 is 19.5 Å². The standard InChI is InChI=1S/C15H13ClN4O4S/c16-10-3-1-2-4-11(10)19-12(22)5-8(21)7-25-15-18-6-9(14(23)24)13(17)20-15/h1-4,6H,5,7H2,(H,19,22)(H,23,24)(H2,17,18,20). The van der Waals surface area contributed by atoms with Crippen LogP contribution in [0.2, 0.25) is 5.02 Å². The van der Waals surface area contributed by atoms with Gasteiger partial charge in [0.2, 0.25) is 5.91 Å². The molecular weight excluding hydrogens is 368 g/mol. The van der Waals surface area contributed by atoms with Crippen LogP contribution in [-0.4, -0.2) is 38.5 Å². The lowest BCUT2D eigenvalue weighted by Gasteiger charge is -2.06. The number of hydrogen-bond donors (Lipinski definition) is 3. The Balaban J connectivity index is 1.86. The summed E-state index contributed by atoms with van der Waals surface area (Å²) in [5, 5.41) is 11.9. The van der Waals surface area contributed by atoms with Gasteiger partial charge >= 0.3 is 5.97 Å². The van der Waals surface area contributed by atoms with Crippen LogP contribution in [0.15, 0.2) is 35.6 Å². The van der Waals surface area contributed by atoms with Gasteiger partial charge in [0.05, 0.1) is 22.9 Å². The number of aromatic carboxylic acids is 1. The number of rotatable bonds is 7.